The van der Waals surface area contributed by atoms with Crippen LogP contribution < -0.4 is 14.8 Å². The first-order valence-corrected chi connectivity index (χ1v) is 10.1. The molecular formula is C24H35NO3. The highest BCUT2D eigenvalue weighted by molar-refractivity contribution is 5.44. The van der Waals surface area contributed by atoms with Crippen molar-refractivity contribution in [2.75, 3.05) is 20.3 Å². The molecule has 2 aromatic carbocycles. The zero-order chi connectivity index (χ0) is 20.7. The van der Waals surface area contributed by atoms with Crippen LogP contribution in [0.15, 0.2) is 42.5 Å². The van der Waals surface area contributed by atoms with E-state index in [0.717, 1.165) is 23.5 Å². The number of rotatable bonds is 9. The summed E-state index contributed by atoms with van der Waals surface area (Å²) in [5.74, 6) is 1.60. The number of hydrogen-bond donors (Lipinski definition) is 2. The highest BCUT2D eigenvalue weighted by Crippen LogP contribution is 2.34. The van der Waals surface area contributed by atoms with Crippen molar-refractivity contribution in [3.63, 3.8) is 0 Å². The Morgan fingerprint density at radius 1 is 1.07 bits per heavy atom. The van der Waals surface area contributed by atoms with Crippen LogP contribution in [0.4, 0.5) is 0 Å². The second-order valence-electron chi connectivity index (χ2n) is 8.30. The van der Waals surface area contributed by atoms with E-state index >= 15 is 0 Å². The lowest BCUT2D eigenvalue weighted by Gasteiger charge is -2.24. The number of nitrogens with one attached hydrogen (secondary N) is 1. The Morgan fingerprint density at radius 2 is 1.75 bits per heavy atom. The second kappa shape index (κ2) is 9.94. The Labute approximate surface area is 169 Å². The first-order valence-electron chi connectivity index (χ1n) is 10.1. The fraction of sp³-hybridized carbons (Fsp3) is 0.500. The third kappa shape index (κ3) is 6.25. The molecule has 0 saturated carbocycles. The molecule has 2 aromatic rings. The number of ether oxygens (including phenoxy) is 2. The van der Waals surface area contributed by atoms with E-state index in [1.54, 1.807) is 7.11 Å². The summed E-state index contributed by atoms with van der Waals surface area (Å²) in [5.41, 5.74) is 3.54. The maximum absolute atomic E-state index is 10.4. The molecule has 2 rings (SSSR count). The molecule has 0 bridgehead atoms. The molecule has 2 atom stereocenters. The largest absolute Gasteiger partial charge is 0.497 e. The van der Waals surface area contributed by atoms with Gasteiger partial charge in [-0.25, -0.2) is 0 Å². The van der Waals surface area contributed by atoms with Gasteiger partial charge < -0.3 is 19.9 Å². The van der Waals surface area contributed by atoms with Crippen molar-refractivity contribution >= 4 is 0 Å². The SMILES string of the molecule is CCc1ccc(C(C)NCC(O)COc2ccc(OC)cc2C(C)(C)C)cc1. The zero-order valence-electron chi connectivity index (χ0n) is 18.1. The van der Waals surface area contributed by atoms with Crippen molar-refractivity contribution < 1.29 is 14.6 Å². The van der Waals surface area contributed by atoms with Gasteiger partial charge in [0.15, 0.2) is 0 Å². The van der Waals surface area contributed by atoms with E-state index in [-0.39, 0.29) is 18.1 Å². The monoisotopic (exact) mass is 385 g/mol. The average molecular weight is 386 g/mol. The lowest BCUT2D eigenvalue weighted by atomic mass is 9.86. The van der Waals surface area contributed by atoms with Gasteiger partial charge >= 0.3 is 0 Å². The van der Waals surface area contributed by atoms with E-state index in [9.17, 15) is 5.11 Å². The molecule has 0 spiro atoms. The summed E-state index contributed by atoms with van der Waals surface area (Å²) in [5, 5.41) is 13.8. The summed E-state index contributed by atoms with van der Waals surface area (Å²) in [7, 11) is 1.66. The van der Waals surface area contributed by atoms with Gasteiger partial charge in [0.05, 0.1) is 7.11 Å². The first kappa shape index (κ1) is 22.3. The van der Waals surface area contributed by atoms with E-state index in [0.29, 0.717) is 6.54 Å². The van der Waals surface area contributed by atoms with E-state index in [1.807, 2.05) is 18.2 Å². The minimum atomic E-state index is -0.590. The summed E-state index contributed by atoms with van der Waals surface area (Å²) < 4.78 is 11.3. The summed E-state index contributed by atoms with van der Waals surface area (Å²) in [6, 6.07) is 14.6. The normalized spacial score (nSPS) is 13.8. The van der Waals surface area contributed by atoms with Crippen LogP contribution in [-0.2, 0) is 11.8 Å². The van der Waals surface area contributed by atoms with Crippen LogP contribution in [0, 0.1) is 0 Å². The van der Waals surface area contributed by atoms with Crippen LogP contribution in [0.3, 0.4) is 0 Å². The van der Waals surface area contributed by atoms with Crippen molar-refractivity contribution in [1.82, 2.24) is 5.32 Å². The van der Waals surface area contributed by atoms with Gasteiger partial charge in [0.2, 0.25) is 0 Å². The first-order chi connectivity index (χ1) is 13.2. The van der Waals surface area contributed by atoms with Gasteiger partial charge in [0, 0.05) is 18.2 Å². The Bertz CT molecular complexity index is 735. The van der Waals surface area contributed by atoms with Crippen molar-refractivity contribution in [3.05, 3.63) is 59.2 Å². The smallest absolute Gasteiger partial charge is 0.123 e. The number of methoxy groups -OCH3 is 1. The van der Waals surface area contributed by atoms with Crippen molar-refractivity contribution in [1.29, 1.82) is 0 Å². The van der Waals surface area contributed by atoms with Crippen LogP contribution in [0.1, 0.15) is 57.4 Å². The van der Waals surface area contributed by atoms with Crippen LogP contribution >= 0.6 is 0 Å². The van der Waals surface area contributed by atoms with Gasteiger partial charge in [0.25, 0.3) is 0 Å². The quantitative estimate of drug-likeness (QED) is 0.660. The minimum absolute atomic E-state index is 0.0771. The maximum Gasteiger partial charge on any atom is 0.123 e. The standard InChI is InChI=1S/C24H35NO3/c1-7-18-8-10-19(11-9-18)17(2)25-15-20(26)16-28-23-13-12-21(27-6)14-22(23)24(3,4)5/h8-14,17,20,25-26H,7,15-16H2,1-6H3. The topological polar surface area (TPSA) is 50.7 Å². The minimum Gasteiger partial charge on any atom is -0.497 e. The lowest BCUT2D eigenvalue weighted by Crippen LogP contribution is -2.33. The molecule has 154 valence electrons. The Morgan fingerprint density at radius 3 is 2.32 bits per heavy atom. The molecule has 4 heteroatoms. The average Bonchev–Trinajstić information content (AvgIpc) is 2.69. The Hall–Kier alpha value is -2.04. The molecule has 4 nitrogen and oxygen atoms in total. The van der Waals surface area contributed by atoms with Crippen molar-refractivity contribution in [3.8, 4) is 11.5 Å². The van der Waals surface area contributed by atoms with E-state index < -0.39 is 6.10 Å². The van der Waals surface area contributed by atoms with Crippen molar-refractivity contribution in [2.24, 2.45) is 0 Å². The molecule has 0 amide bonds. The summed E-state index contributed by atoms with van der Waals surface area (Å²) in [6.45, 7) is 11.4. The molecule has 0 heterocycles. The molecule has 0 radical (unpaired) electrons. The molecule has 0 aliphatic heterocycles. The van der Waals surface area contributed by atoms with Crippen LogP contribution in [0.2, 0.25) is 0 Å². The number of aliphatic hydroxyl groups excluding tert-OH is 1. The molecule has 0 aromatic heterocycles. The number of aryl methyl sites for hydroxylation is 1. The molecule has 0 fully saturated rings. The molecular weight excluding hydrogens is 350 g/mol. The van der Waals surface area contributed by atoms with Gasteiger partial charge in [-0.15, -0.1) is 0 Å². The van der Waals surface area contributed by atoms with Gasteiger partial charge in [-0.2, -0.15) is 0 Å². The number of aliphatic hydroxyl groups is 1. The maximum atomic E-state index is 10.4. The molecule has 0 aliphatic rings. The van der Waals surface area contributed by atoms with Gasteiger partial charge in [-0.05, 0) is 48.1 Å². The predicted molar refractivity (Wildman–Crippen MR) is 115 cm³/mol. The van der Waals surface area contributed by atoms with Crippen LogP contribution in [0.25, 0.3) is 0 Å². The Kier molecular flexibility index (Phi) is 7.90. The molecule has 0 saturated heterocycles. The van der Waals surface area contributed by atoms with Crippen LogP contribution in [-0.4, -0.2) is 31.5 Å². The third-order valence-corrected chi connectivity index (χ3v) is 4.97. The molecule has 2 unspecified atom stereocenters. The summed E-state index contributed by atoms with van der Waals surface area (Å²) in [4.78, 5) is 0. The molecule has 0 aliphatic carbocycles. The number of hydrogen-bond acceptors (Lipinski definition) is 4. The van der Waals surface area contributed by atoms with Crippen LogP contribution in [0.5, 0.6) is 11.5 Å². The predicted octanol–water partition coefficient (Wildman–Crippen LogP) is 4.65. The second-order valence-corrected chi connectivity index (χ2v) is 8.30. The third-order valence-electron chi connectivity index (χ3n) is 4.97. The van der Waals surface area contributed by atoms with Gasteiger partial charge in [-0.1, -0.05) is 52.0 Å². The van der Waals surface area contributed by atoms with E-state index in [4.69, 9.17) is 9.47 Å². The highest BCUT2D eigenvalue weighted by atomic mass is 16.5. The summed E-state index contributed by atoms with van der Waals surface area (Å²) >= 11 is 0. The summed E-state index contributed by atoms with van der Waals surface area (Å²) in [6.07, 6.45) is 0.451. The number of benzene rings is 2. The fourth-order valence-corrected chi connectivity index (χ4v) is 3.07. The molecule has 28 heavy (non-hydrogen) atoms. The fourth-order valence-electron chi connectivity index (χ4n) is 3.07. The van der Waals surface area contributed by atoms with Crippen molar-refractivity contribution in [2.45, 2.75) is 58.6 Å². The van der Waals surface area contributed by atoms with E-state index in [1.165, 1.54) is 11.1 Å². The van der Waals surface area contributed by atoms with Gasteiger partial charge in [-0.3, -0.25) is 0 Å². The Balaban J connectivity index is 1.90. The van der Waals surface area contributed by atoms with E-state index in [2.05, 4.69) is 64.2 Å². The molecule has 2 N–H and O–H groups in total. The lowest BCUT2D eigenvalue weighted by molar-refractivity contribution is 0.103. The van der Waals surface area contributed by atoms with Gasteiger partial charge in [0.1, 0.15) is 24.2 Å². The zero-order valence-corrected chi connectivity index (χ0v) is 18.1. The highest BCUT2D eigenvalue weighted by Gasteiger charge is 2.20.